The SMILES string of the molecule is c1ccc(-c2cc3ccccc3n3nnnc23)cc1. The molecule has 0 aliphatic heterocycles. The summed E-state index contributed by atoms with van der Waals surface area (Å²) in [6.07, 6.45) is 0. The second-order valence-electron chi connectivity index (χ2n) is 4.40. The van der Waals surface area contributed by atoms with E-state index >= 15 is 0 Å². The largest absolute Gasteiger partial charge is 0.192 e. The number of hydrogen-bond acceptors (Lipinski definition) is 3. The molecule has 4 heteroatoms. The molecule has 0 spiro atoms. The standard InChI is InChI=1S/C15H10N4/c1-2-6-11(7-3-1)13-10-12-8-4-5-9-14(12)19-15(13)16-17-18-19/h1-10H. The van der Waals surface area contributed by atoms with Gasteiger partial charge >= 0.3 is 0 Å². The van der Waals surface area contributed by atoms with Gasteiger partial charge in [0.1, 0.15) is 0 Å². The molecule has 4 aromatic rings. The highest BCUT2D eigenvalue weighted by molar-refractivity contribution is 5.90. The number of tetrazole rings is 1. The first-order valence-electron chi connectivity index (χ1n) is 6.09. The van der Waals surface area contributed by atoms with E-state index in [1.165, 1.54) is 0 Å². The van der Waals surface area contributed by atoms with Crippen molar-refractivity contribution in [2.24, 2.45) is 0 Å². The van der Waals surface area contributed by atoms with Crippen molar-refractivity contribution < 1.29 is 0 Å². The maximum atomic E-state index is 4.15. The number of para-hydroxylation sites is 1. The molecule has 4 rings (SSSR count). The Morgan fingerprint density at radius 3 is 2.53 bits per heavy atom. The third-order valence-electron chi connectivity index (χ3n) is 3.26. The first kappa shape index (κ1) is 10.2. The smallest absolute Gasteiger partial charge is 0.187 e. The first-order chi connectivity index (χ1) is 9.43. The summed E-state index contributed by atoms with van der Waals surface area (Å²) in [7, 11) is 0. The molecule has 0 N–H and O–H groups in total. The van der Waals surface area contributed by atoms with Gasteiger partial charge in [-0.25, -0.2) is 0 Å². The molecule has 4 nitrogen and oxygen atoms in total. The van der Waals surface area contributed by atoms with Crippen molar-refractivity contribution in [3.05, 3.63) is 60.7 Å². The quantitative estimate of drug-likeness (QED) is 0.518. The Bertz CT molecular complexity index is 865. The van der Waals surface area contributed by atoms with Gasteiger partial charge < -0.3 is 0 Å². The lowest BCUT2D eigenvalue weighted by Gasteiger charge is -2.06. The predicted octanol–water partition coefficient (Wildman–Crippen LogP) is 2.94. The molecule has 0 fully saturated rings. The highest BCUT2D eigenvalue weighted by Crippen LogP contribution is 2.27. The van der Waals surface area contributed by atoms with Gasteiger partial charge in [-0.3, -0.25) is 0 Å². The van der Waals surface area contributed by atoms with E-state index in [1.807, 2.05) is 36.4 Å². The van der Waals surface area contributed by atoms with Crippen LogP contribution < -0.4 is 0 Å². The zero-order valence-corrected chi connectivity index (χ0v) is 10.1. The molecule has 0 saturated heterocycles. The van der Waals surface area contributed by atoms with Gasteiger partial charge in [0.2, 0.25) is 0 Å². The second-order valence-corrected chi connectivity index (χ2v) is 4.40. The number of rotatable bonds is 1. The Labute approximate surface area is 109 Å². The summed E-state index contributed by atoms with van der Waals surface area (Å²) in [6, 6.07) is 20.4. The fourth-order valence-electron chi connectivity index (χ4n) is 2.37. The van der Waals surface area contributed by atoms with Crippen molar-refractivity contribution in [3.8, 4) is 11.1 Å². The van der Waals surface area contributed by atoms with E-state index in [4.69, 9.17) is 0 Å². The first-order valence-corrected chi connectivity index (χ1v) is 6.09. The summed E-state index contributed by atoms with van der Waals surface area (Å²) in [6.45, 7) is 0. The number of pyridine rings is 1. The minimum absolute atomic E-state index is 0.782. The van der Waals surface area contributed by atoms with Crippen molar-refractivity contribution >= 4 is 16.6 Å². The Kier molecular flexibility index (Phi) is 2.08. The number of hydrogen-bond donors (Lipinski definition) is 0. The molecule has 0 saturated carbocycles. The highest BCUT2D eigenvalue weighted by atomic mass is 15.5. The lowest BCUT2D eigenvalue weighted by Crippen LogP contribution is -1.93. The maximum Gasteiger partial charge on any atom is 0.187 e. The second kappa shape index (κ2) is 3.88. The Hall–Kier alpha value is -2.75. The van der Waals surface area contributed by atoms with Gasteiger partial charge in [-0.05, 0) is 28.1 Å². The number of aromatic nitrogens is 4. The summed E-state index contributed by atoms with van der Waals surface area (Å²) in [5.74, 6) is 0. The average Bonchev–Trinajstić information content (AvgIpc) is 2.97. The molecule has 0 unspecified atom stereocenters. The van der Waals surface area contributed by atoms with Gasteiger partial charge in [0.05, 0.1) is 5.52 Å². The molecule has 0 aliphatic rings. The molecule has 0 atom stereocenters. The molecular weight excluding hydrogens is 236 g/mol. The normalized spacial score (nSPS) is 11.2. The third-order valence-corrected chi connectivity index (χ3v) is 3.26. The van der Waals surface area contributed by atoms with Crippen molar-refractivity contribution in [2.75, 3.05) is 0 Å². The molecule has 2 aromatic heterocycles. The molecular formula is C15H10N4. The summed E-state index contributed by atoms with van der Waals surface area (Å²) >= 11 is 0. The van der Waals surface area contributed by atoms with Crippen LogP contribution in [0.3, 0.4) is 0 Å². The zero-order chi connectivity index (χ0) is 12.7. The predicted molar refractivity (Wildman–Crippen MR) is 73.7 cm³/mol. The van der Waals surface area contributed by atoms with Crippen molar-refractivity contribution in [1.29, 1.82) is 0 Å². The topological polar surface area (TPSA) is 43.1 Å². The molecule has 0 radical (unpaired) electrons. The Morgan fingerprint density at radius 2 is 1.63 bits per heavy atom. The number of nitrogens with zero attached hydrogens (tertiary/aromatic N) is 4. The van der Waals surface area contributed by atoms with E-state index in [-0.39, 0.29) is 0 Å². The van der Waals surface area contributed by atoms with Crippen LogP contribution in [-0.4, -0.2) is 20.0 Å². The Morgan fingerprint density at radius 1 is 0.842 bits per heavy atom. The average molecular weight is 246 g/mol. The van der Waals surface area contributed by atoms with Crippen LogP contribution >= 0.6 is 0 Å². The van der Waals surface area contributed by atoms with Crippen molar-refractivity contribution in [2.45, 2.75) is 0 Å². The van der Waals surface area contributed by atoms with Gasteiger partial charge in [-0.2, -0.15) is 4.52 Å². The molecule has 0 aliphatic carbocycles. The summed E-state index contributed by atoms with van der Waals surface area (Å²) in [5.41, 5.74) is 3.96. The molecule has 0 bridgehead atoms. The van der Waals surface area contributed by atoms with Crippen LogP contribution in [-0.2, 0) is 0 Å². The lowest BCUT2D eigenvalue weighted by atomic mass is 10.0. The fourth-order valence-corrected chi connectivity index (χ4v) is 2.37. The van der Waals surface area contributed by atoms with Crippen LogP contribution in [0.4, 0.5) is 0 Å². The number of benzene rings is 2. The van der Waals surface area contributed by atoms with Crippen LogP contribution in [0, 0.1) is 0 Å². The minimum Gasteiger partial charge on any atom is -0.192 e. The van der Waals surface area contributed by atoms with Gasteiger partial charge in [-0.15, -0.1) is 5.10 Å². The molecule has 90 valence electrons. The van der Waals surface area contributed by atoms with Crippen molar-refractivity contribution in [3.63, 3.8) is 0 Å². The van der Waals surface area contributed by atoms with E-state index in [9.17, 15) is 0 Å². The summed E-state index contributed by atoms with van der Waals surface area (Å²) in [5, 5.41) is 13.2. The molecule has 19 heavy (non-hydrogen) atoms. The maximum absolute atomic E-state index is 4.15. The Balaban J connectivity index is 2.17. The fraction of sp³-hybridized carbons (Fsp3) is 0. The van der Waals surface area contributed by atoms with Gasteiger partial charge in [0, 0.05) is 10.9 Å². The van der Waals surface area contributed by atoms with E-state index < -0.39 is 0 Å². The monoisotopic (exact) mass is 246 g/mol. The van der Waals surface area contributed by atoms with Crippen LogP contribution in [0.15, 0.2) is 60.7 Å². The van der Waals surface area contributed by atoms with Crippen LogP contribution in [0.25, 0.3) is 27.7 Å². The van der Waals surface area contributed by atoms with Crippen LogP contribution in [0.5, 0.6) is 0 Å². The van der Waals surface area contributed by atoms with E-state index in [0.29, 0.717) is 0 Å². The van der Waals surface area contributed by atoms with Crippen LogP contribution in [0.2, 0.25) is 0 Å². The van der Waals surface area contributed by atoms with Gasteiger partial charge in [0.15, 0.2) is 5.65 Å². The zero-order valence-electron chi connectivity index (χ0n) is 10.1. The summed E-state index contributed by atoms with van der Waals surface area (Å²) < 4.78 is 1.79. The van der Waals surface area contributed by atoms with Gasteiger partial charge in [-0.1, -0.05) is 48.5 Å². The van der Waals surface area contributed by atoms with Crippen molar-refractivity contribution in [1.82, 2.24) is 20.0 Å². The van der Waals surface area contributed by atoms with Crippen LogP contribution in [0.1, 0.15) is 0 Å². The molecule has 2 aromatic carbocycles. The van der Waals surface area contributed by atoms with Gasteiger partial charge in [0.25, 0.3) is 0 Å². The van der Waals surface area contributed by atoms with E-state index in [0.717, 1.165) is 27.7 Å². The molecule has 0 amide bonds. The highest BCUT2D eigenvalue weighted by Gasteiger charge is 2.10. The molecule has 2 heterocycles. The minimum atomic E-state index is 0.782. The summed E-state index contributed by atoms with van der Waals surface area (Å²) in [4.78, 5) is 0. The van der Waals surface area contributed by atoms with E-state index in [1.54, 1.807) is 4.52 Å². The van der Waals surface area contributed by atoms with E-state index in [2.05, 4.69) is 39.8 Å². The third kappa shape index (κ3) is 1.50. The lowest BCUT2D eigenvalue weighted by molar-refractivity contribution is 0.842. The number of fused-ring (bicyclic) bond motifs is 3.